The van der Waals surface area contributed by atoms with Crippen LogP contribution in [0, 0.1) is 5.41 Å². The van der Waals surface area contributed by atoms with Crippen molar-refractivity contribution in [2.75, 3.05) is 39.3 Å². The average Bonchev–Trinajstić information content (AvgIpc) is 2.90. The summed E-state index contributed by atoms with van der Waals surface area (Å²) in [6.45, 7) is 13.1. The maximum absolute atomic E-state index is 12.7. The van der Waals surface area contributed by atoms with Crippen LogP contribution in [0.1, 0.15) is 40.5 Å². The van der Waals surface area contributed by atoms with Crippen molar-refractivity contribution in [1.29, 1.82) is 0 Å². The summed E-state index contributed by atoms with van der Waals surface area (Å²) in [7, 11) is 0. The third-order valence-corrected chi connectivity index (χ3v) is 5.29. The fourth-order valence-electron chi connectivity index (χ4n) is 2.88. The molecule has 5 nitrogen and oxygen atoms in total. The molecule has 0 spiro atoms. The molecule has 2 N–H and O–H groups in total. The summed E-state index contributed by atoms with van der Waals surface area (Å²) in [6, 6.07) is 0. The number of carbonyl (C=O) groups excluding carboxylic acids is 1. The molecule has 0 aromatic heterocycles. The molecular formula is C16H31N3O2. The molecular weight excluding hydrogens is 266 g/mol. The van der Waals surface area contributed by atoms with Gasteiger partial charge in [0.15, 0.2) is 0 Å². The van der Waals surface area contributed by atoms with E-state index in [1.54, 1.807) is 0 Å². The predicted molar refractivity (Wildman–Crippen MR) is 84.0 cm³/mol. The standard InChI is InChI=1S/C16H31N3O2/c1-15(2,16(3,4)17)14(20)19-9-7-18(8-10-19)12-13-6-5-11-21-13/h13H,5-12,17H2,1-4H3. The van der Waals surface area contributed by atoms with Crippen LogP contribution in [0.25, 0.3) is 0 Å². The van der Waals surface area contributed by atoms with Crippen molar-refractivity contribution >= 4 is 5.91 Å². The van der Waals surface area contributed by atoms with E-state index in [9.17, 15) is 4.79 Å². The van der Waals surface area contributed by atoms with E-state index in [-0.39, 0.29) is 5.91 Å². The molecule has 2 saturated heterocycles. The van der Waals surface area contributed by atoms with Gasteiger partial charge < -0.3 is 15.4 Å². The Hall–Kier alpha value is -0.650. The van der Waals surface area contributed by atoms with Gasteiger partial charge in [-0.2, -0.15) is 0 Å². The summed E-state index contributed by atoms with van der Waals surface area (Å²) in [5.74, 6) is 0.173. The van der Waals surface area contributed by atoms with Crippen LogP contribution in [0.15, 0.2) is 0 Å². The van der Waals surface area contributed by atoms with Gasteiger partial charge in [-0.15, -0.1) is 0 Å². The lowest BCUT2D eigenvalue weighted by molar-refractivity contribution is -0.145. The quantitative estimate of drug-likeness (QED) is 0.843. The Balaban J connectivity index is 1.84. The van der Waals surface area contributed by atoms with Crippen LogP contribution in [-0.2, 0) is 9.53 Å². The number of rotatable bonds is 4. The van der Waals surface area contributed by atoms with Crippen LogP contribution in [0.5, 0.6) is 0 Å². The fraction of sp³-hybridized carbons (Fsp3) is 0.938. The molecule has 0 bridgehead atoms. The molecule has 0 aromatic rings. The van der Waals surface area contributed by atoms with Crippen LogP contribution < -0.4 is 5.73 Å². The summed E-state index contributed by atoms with van der Waals surface area (Å²) < 4.78 is 5.69. The Morgan fingerprint density at radius 3 is 2.29 bits per heavy atom. The summed E-state index contributed by atoms with van der Waals surface area (Å²) in [6.07, 6.45) is 2.75. The summed E-state index contributed by atoms with van der Waals surface area (Å²) in [4.78, 5) is 17.1. The molecule has 2 rings (SSSR count). The number of amides is 1. The topological polar surface area (TPSA) is 58.8 Å². The minimum absolute atomic E-state index is 0.173. The normalized spacial score (nSPS) is 25.4. The summed E-state index contributed by atoms with van der Waals surface area (Å²) in [5, 5.41) is 0. The van der Waals surface area contributed by atoms with Crippen molar-refractivity contribution in [2.24, 2.45) is 11.1 Å². The van der Waals surface area contributed by atoms with E-state index in [2.05, 4.69) is 4.90 Å². The average molecular weight is 297 g/mol. The second kappa shape index (κ2) is 6.23. The monoisotopic (exact) mass is 297 g/mol. The van der Waals surface area contributed by atoms with E-state index in [4.69, 9.17) is 10.5 Å². The molecule has 0 radical (unpaired) electrons. The van der Waals surface area contributed by atoms with Crippen molar-refractivity contribution in [3.05, 3.63) is 0 Å². The van der Waals surface area contributed by atoms with Gasteiger partial charge in [0.1, 0.15) is 0 Å². The van der Waals surface area contributed by atoms with Crippen molar-refractivity contribution < 1.29 is 9.53 Å². The first-order chi connectivity index (χ1) is 9.72. The van der Waals surface area contributed by atoms with Gasteiger partial charge in [-0.1, -0.05) is 0 Å². The lowest BCUT2D eigenvalue weighted by Crippen LogP contribution is -2.59. The number of carbonyl (C=O) groups is 1. The second-order valence-corrected chi connectivity index (χ2v) is 7.57. The molecule has 5 heteroatoms. The maximum atomic E-state index is 12.7. The summed E-state index contributed by atoms with van der Waals surface area (Å²) >= 11 is 0. The Labute approximate surface area is 128 Å². The molecule has 1 atom stereocenters. The Morgan fingerprint density at radius 1 is 1.19 bits per heavy atom. The Kier molecular flexibility index (Phi) is 4.96. The number of nitrogens with two attached hydrogens (primary N) is 1. The molecule has 2 fully saturated rings. The van der Waals surface area contributed by atoms with Gasteiger partial charge in [0.05, 0.1) is 11.5 Å². The third kappa shape index (κ3) is 3.76. The van der Waals surface area contributed by atoms with Crippen LogP contribution >= 0.6 is 0 Å². The zero-order valence-electron chi connectivity index (χ0n) is 14.0. The first-order valence-electron chi connectivity index (χ1n) is 8.14. The molecule has 0 aliphatic carbocycles. The lowest BCUT2D eigenvalue weighted by Gasteiger charge is -2.43. The number of hydrogen-bond donors (Lipinski definition) is 1. The van der Waals surface area contributed by atoms with Crippen LogP contribution in [0.4, 0.5) is 0 Å². The van der Waals surface area contributed by atoms with E-state index in [0.717, 1.165) is 39.3 Å². The Bertz CT molecular complexity index is 362. The largest absolute Gasteiger partial charge is 0.377 e. The van der Waals surface area contributed by atoms with E-state index in [1.165, 1.54) is 12.8 Å². The molecule has 0 saturated carbocycles. The first-order valence-corrected chi connectivity index (χ1v) is 8.14. The number of ether oxygens (including phenoxy) is 1. The number of piperazine rings is 1. The van der Waals surface area contributed by atoms with Gasteiger partial charge in [0.2, 0.25) is 5.91 Å². The van der Waals surface area contributed by atoms with Gasteiger partial charge >= 0.3 is 0 Å². The van der Waals surface area contributed by atoms with E-state index in [0.29, 0.717) is 6.10 Å². The number of hydrogen-bond acceptors (Lipinski definition) is 4. The molecule has 2 aliphatic rings. The van der Waals surface area contributed by atoms with Gasteiger partial charge in [0, 0.05) is 44.9 Å². The highest BCUT2D eigenvalue weighted by Crippen LogP contribution is 2.31. The fourth-order valence-corrected chi connectivity index (χ4v) is 2.88. The smallest absolute Gasteiger partial charge is 0.230 e. The molecule has 1 unspecified atom stereocenters. The predicted octanol–water partition coefficient (Wildman–Crippen LogP) is 1.07. The van der Waals surface area contributed by atoms with Gasteiger partial charge in [-0.3, -0.25) is 9.69 Å². The molecule has 0 aromatic carbocycles. The molecule has 122 valence electrons. The Morgan fingerprint density at radius 2 is 1.81 bits per heavy atom. The first kappa shape index (κ1) is 16.7. The SMILES string of the molecule is CC(C)(N)C(C)(C)C(=O)N1CCN(CC2CCCO2)CC1. The minimum atomic E-state index is -0.538. The molecule has 21 heavy (non-hydrogen) atoms. The summed E-state index contributed by atoms with van der Waals surface area (Å²) in [5.41, 5.74) is 5.13. The molecule has 1 amide bonds. The highest BCUT2D eigenvalue weighted by atomic mass is 16.5. The zero-order chi connectivity index (χ0) is 15.7. The minimum Gasteiger partial charge on any atom is -0.377 e. The maximum Gasteiger partial charge on any atom is 0.230 e. The second-order valence-electron chi connectivity index (χ2n) is 7.57. The van der Waals surface area contributed by atoms with Crippen molar-refractivity contribution in [3.8, 4) is 0 Å². The van der Waals surface area contributed by atoms with Crippen molar-refractivity contribution in [1.82, 2.24) is 9.80 Å². The number of nitrogens with zero attached hydrogens (tertiary/aromatic N) is 2. The van der Waals surface area contributed by atoms with Gasteiger partial charge in [-0.25, -0.2) is 0 Å². The van der Waals surface area contributed by atoms with E-state index >= 15 is 0 Å². The van der Waals surface area contributed by atoms with Crippen LogP contribution in [0.2, 0.25) is 0 Å². The van der Waals surface area contributed by atoms with Crippen molar-refractivity contribution in [2.45, 2.75) is 52.2 Å². The highest BCUT2D eigenvalue weighted by molar-refractivity contribution is 5.83. The zero-order valence-corrected chi connectivity index (χ0v) is 14.0. The van der Waals surface area contributed by atoms with E-state index < -0.39 is 11.0 Å². The van der Waals surface area contributed by atoms with Crippen LogP contribution in [-0.4, -0.2) is 66.7 Å². The van der Waals surface area contributed by atoms with Gasteiger partial charge in [-0.05, 0) is 40.5 Å². The van der Waals surface area contributed by atoms with Gasteiger partial charge in [0.25, 0.3) is 0 Å². The van der Waals surface area contributed by atoms with Crippen molar-refractivity contribution in [3.63, 3.8) is 0 Å². The molecule has 2 heterocycles. The van der Waals surface area contributed by atoms with Crippen LogP contribution in [0.3, 0.4) is 0 Å². The highest BCUT2D eigenvalue weighted by Gasteiger charge is 2.43. The lowest BCUT2D eigenvalue weighted by atomic mass is 9.74. The third-order valence-electron chi connectivity index (χ3n) is 5.29. The molecule has 2 aliphatic heterocycles. The van der Waals surface area contributed by atoms with E-state index in [1.807, 2.05) is 32.6 Å².